The van der Waals surface area contributed by atoms with Gasteiger partial charge in [0.1, 0.15) is 0 Å². The number of rotatable bonds is 5. The highest BCUT2D eigenvalue weighted by molar-refractivity contribution is 5.85. The molecule has 3 nitrogen and oxygen atoms in total. The van der Waals surface area contributed by atoms with Crippen LogP contribution >= 0.6 is 12.4 Å². The molecular weight excluding hydrogens is 272 g/mol. The number of nitrogens with zero attached hydrogens (tertiary/aromatic N) is 1. The van der Waals surface area contributed by atoms with E-state index in [4.69, 9.17) is 0 Å². The molecule has 2 rings (SSSR count). The number of halogens is 1. The van der Waals surface area contributed by atoms with E-state index >= 15 is 0 Å². The summed E-state index contributed by atoms with van der Waals surface area (Å²) in [5.41, 5.74) is 0. The number of amides is 1. The summed E-state index contributed by atoms with van der Waals surface area (Å²) in [5.74, 6) is 1.50. The Balaban J connectivity index is 0.00000200. The number of hydrogen-bond acceptors (Lipinski definition) is 2. The maximum atomic E-state index is 12.7. The molecular formula is C16H31ClN2O. The lowest BCUT2D eigenvalue weighted by Gasteiger charge is -2.33. The zero-order valence-electron chi connectivity index (χ0n) is 12.9. The Kier molecular flexibility index (Phi) is 8.55. The Morgan fingerprint density at radius 1 is 1.10 bits per heavy atom. The second-order valence-corrected chi connectivity index (χ2v) is 6.31. The molecule has 0 bridgehead atoms. The monoisotopic (exact) mass is 302 g/mol. The Bertz CT molecular complexity index is 274. The van der Waals surface area contributed by atoms with Crippen molar-refractivity contribution in [1.82, 2.24) is 10.2 Å². The third kappa shape index (κ3) is 5.25. The molecule has 20 heavy (non-hydrogen) atoms. The van der Waals surface area contributed by atoms with Crippen molar-refractivity contribution < 1.29 is 4.79 Å². The molecule has 1 heterocycles. The van der Waals surface area contributed by atoms with E-state index in [1.54, 1.807) is 0 Å². The van der Waals surface area contributed by atoms with Gasteiger partial charge in [-0.2, -0.15) is 0 Å². The van der Waals surface area contributed by atoms with Crippen LogP contribution in [-0.2, 0) is 4.79 Å². The van der Waals surface area contributed by atoms with E-state index in [0.717, 1.165) is 51.4 Å². The van der Waals surface area contributed by atoms with Crippen LogP contribution < -0.4 is 5.32 Å². The summed E-state index contributed by atoms with van der Waals surface area (Å²) in [6.45, 7) is 6.19. The van der Waals surface area contributed by atoms with Crippen LogP contribution in [0.3, 0.4) is 0 Å². The number of hydrogen-bond donors (Lipinski definition) is 1. The summed E-state index contributed by atoms with van der Waals surface area (Å²) >= 11 is 0. The second-order valence-electron chi connectivity index (χ2n) is 6.31. The molecule has 1 amide bonds. The Morgan fingerprint density at radius 3 is 2.35 bits per heavy atom. The average molecular weight is 303 g/mol. The Hall–Kier alpha value is -0.280. The number of nitrogens with one attached hydrogen (secondary N) is 1. The van der Waals surface area contributed by atoms with Gasteiger partial charge < -0.3 is 10.2 Å². The molecule has 0 unspecified atom stereocenters. The van der Waals surface area contributed by atoms with Crippen molar-refractivity contribution in [3.05, 3.63) is 0 Å². The fourth-order valence-corrected chi connectivity index (χ4v) is 3.57. The molecule has 118 valence electrons. The molecule has 1 aliphatic carbocycles. The van der Waals surface area contributed by atoms with Crippen LogP contribution in [0.4, 0.5) is 0 Å². The van der Waals surface area contributed by atoms with E-state index in [9.17, 15) is 4.79 Å². The minimum atomic E-state index is 0. The minimum absolute atomic E-state index is 0. The van der Waals surface area contributed by atoms with Crippen molar-refractivity contribution in [2.75, 3.05) is 26.2 Å². The van der Waals surface area contributed by atoms with Crippen LogP contribution in [-0.4, -0.2) is 37.0 Å². The Morgan fingerprint density at radius 2 is 1.75 bits per heavy atom. The van der Waals surface area contributed by atoms with Gasteiger partial charge in [-0.15, -0.1) is 12.4 Å². The summed E-state index contributed by atoms with van der Waals surface area (Å²) in [6.07, 6.45) is 9.95. The first-order valence-electron chi connectivity index (χ1n) is 8.30. The molecule has 0 aromatic carbocycles. The average Bonchev–Trinajstić information content (AvgIpc) is 2.48. The van der Waals surface area contributed by atoms with Gasteiger partial charge in [-0.1, -0.05) is 26.2 Å². The fraction of sp³-hybridized carbons (Fsp3) is 0.938. The maximum Gasteiger partial charge on any atom is 0.225 e. The molecule has 1 aliphatic heterocycles. The molecule has 0 spiro atoms. The lowest BCUT2D eigenvalue weighted by atomic mass is 9.88. The molecule has 0 radical (unpaired) electrons. The molecule has 0 aromatic rings. The standard InChI is InChI=1S/C16H30N2O.ClH/c1-2-12-18(13-14-6-4-3-5-7-14)16(19)15-8-10-17-11-9-15;/h14-15,17H,2-13H2,1H3;1H. The van der Waals surface area contributed by atoms with Crippen molar-refractivity contribution in [2.45, 2.75) is 58.3 Å². The topological polar surface area (TPSA) is 32.3 Å². The van der Waals surface area contributed by atoms with E-state index < -0.39 is 0 Å². The first kappa shape index (κ1) is 17.8. The van der Waals surface area contributed by atoms with E-state index in [2.05, 4.69) is 17.1 Å². The minimum Gasteiger partial charge on any atom is -0.342 e. The molecule has 1 N–H and O–H groups in total. The molecule has 0 atom stereocenters. The van der Waals surface area contributed by atoms with Crippen LogP contribution in [0.1, 0.15) is 58.3 Å². The van der Waals surface area contributed by atoms with Gasteiger partial charge in [-0.3, -0.25) is 4.79 Å². The predicted octanol–water partition coefficient (Wildman–Crippen LogP) is 3.23. The highest BCUT2D eigenvalue weighted by Gasteiger charge is 2.27. The van der Waals surface area contributed by atoms with E-state index in [0.29, 0.717) is 5.91 Å². The number of carbonyl (C=O) groups excluding carboxylic acids is 1. The van der Waals surface area contributed by atoms with Crippen LogP contribution in [0, 0.1) is 11.8 Å². The fourth-order valence-electron chi connectivity index (χ4n) is 3.57. The summed E-state index contributed by atoms with van der Waals surface area (Å²) in [5, 5.41) is 3.35. The van der Waals surface area contributed by atoms with Gasteiger partial charge >= 0.3 is 0 Å². The van der Waals surface area contributed by atoms with Crippen LogP contribution in [0.5, 0.6) is 0 Å². The second kappa shape index (κ2) is 9.62. The van der Waals surface area contributed by atoms with Crippen molar-refractivity contribution >= 4 is 18.3 Å². The van der Waals surface area contributed by atoms with Gasteiger partial charge in [-0.25, -0.2) is 0 Å². The first-order chi connectivity index (χ1) is 9.31. The third-order valence-corrected chi connectivity index (χ3v) is 4.70. The zero-order chi connectivity index (χ0) is 13.5. The smallest absolute Gasteiger partial charge is 0.225 e. The number of carbonyl (C=O) groups is 1. The van der Waals surface area contributed by atoms with E-state index in [-0.39, 0.29) is 18.3 Å². The highest BCUT2D eigenvalue weighted by atomic mass is 35.5. The van der Waals surface area contributed by atoms with Crippen molar-refractivity contribution in [2.24, 2.45) is 11.8 Å². The normalized spacial score (nSPS) is 21.2. The molecule has 1 saturated heterocycles. The molecule has 4 heteroatoms. The largest absolute Gasteiger partial charge is 0.342 e. The molecule has 1 saturated carbocycles. The lowest BCUT2D eigenvalue weighted by Crippen LogP contribution is -2.43. The molecule has 2 aliphatic rings. The van der Waals surface area contributed by atoms with Crippen LogP contribution in [0.2, 0.25) is 0 Å². The highest BCUT2D eigenvalue weighted by Crippen LogP contribution is 2.25. The Labute approximate surface area is 130 Å². The molecule has 2 fully saturated rings. The van der Waals surface area contributed by atoms with E-state index in [1.807, 2.05) is 0 Å². The van der Waals surface area contributed by atoms with Gasteiger partial charge in [0, 0.05) is 19.0 Å². The number of piperidine rings is 1. The van der Waals surface area contributed by atoms with Crippen LogP contribution in [0.15, 0.2) is 0 Å². The van der Waals surface area contributed by atoms with Gasteiger partial charge in [-0.05, 0) is 51.1 Å². The van der Waals surface area contributed by atoms with Gasteiger partial charge in [0.15, 0.2) is 0 Å². The SMILES string of the molecule is CCCN(CC1CCCCC1)C(=O)C1CCNCC1.Cl. The van der Waals surface area contributed by atoms with Crippen molar-refractivity contribution in [3.8, 4) is 0 Å². The van der Waals surface area contributed by atoms with Gasteiger partial charge in [0.05, 0.1) is 0 Å². The predicted molar refractivity (Wildman–Crippen MR) is 86.3 cm³/mol. The van der Waals surface area contributed by atoms with Crippen molar-refractivity contribution in [1.29, 1.82) is 0 Å². The summed E-state index contributed by atoms with van der Waals surface area (Å²) in [4.78, 5) is 14.8. The van der Waals surface area contributed by atoms with Crippen LogP contribution in [0.25, 0.3) is 0 Å². The van der Waals surface area contributed by atoms with Gasteiger partial charge in [0.2, 0.25) is 5.91 Å². The maximum absolute atomic E-state index is 12.7. The quantitative estimate of drug-likeness (QED) is 0.845. The lowest BCUT2D eigenvalue weighted by molar-refractivity contribution is -0.137. The van der Waals surface area contributed by atoms with Gasteiger partial charge in [0.25, 0.3) is 0 Å². The molecule has 0 aromatic heterocycles. The van der Waals surface area contributed by atoms with E-state index in [1.165, 1.54) is 32.1 Å². The zero-order valence-corrected chi connectivity index (χ0v) is 13.7. The third-order valence-electron chi connectivity index (χ3n) is 4.70. The van der Waals surface area contributed by atoms with Crippen molar-refractivity contribution in [3.63, 3.8) is 0 Å². The summed E-state index contributed by atoms with van der Waals surface area (Å²) in [7, 11) is 0. The summed E-state index contributed by atoms with van der Waals surface area (Å²) < 4.78 is 0. The summed E-state index contributed by atoms with van der Waals surface area (Å²) in [6, 6.07) is 0. The first-order valence-corrected chi connectivity index (χ1v) is 8.30.